The van der Waals surface area contributed by atoms with Crippen LogP contribution in [-0.4, -0.2) is 18.7 Å². The molecule has 0 radical (unpaired) electrons. The van der Waals surface area contributed by atoms with Crippen molar-refractivity contribution in [3.05, 3.63) is 94.6 Å². The van der Waals surface area contributed by atoms with Crippen molar-refractivity contribution < 1.29 is 31.8 Å². The largest absolute Gasteiger partial charge is 0.491 e. The summed E-state index contributed by atoms with van der Waals surface area (Å²) in [6.07, 6.45) is 4.95. The summed E-state index contributed by atoms with van der Waals surface area (Å²) in [5, 5.41) is 0. The summed E-state index contributed by atoms with van der Waals surface area (Å²) in [4.78, 5) is 12.6. The van der Waals surface area contributed by atoms with E-state index in [1.165, 1.54) is 24.3 Å². The van der Waals surface area contributed by atoms with Crippen molar-refractivity contribution in [2.24, 2.45) is 0 Å². The first-order valence-electron chi connectivity index (χ1n) is 12.4. The van der Waals surface area contributed by atoms with Crippen molar-refractivity contribution in [3.8, 4) is 16.9 Å². The van der Waals surface area contributed by atoms with Crippen LogP contribution in [0.2, 0.25) is 0 Å². The van der Waals surface area contributed by atoms with Gasteiger partial charge in [-0.05, 0) is 74.3 Å². The van der Waals surface area contributed by atoms with Crippen molar-refractivity contribution in [1.82, 2.24) is 0 Å². The van der Waals surface area contributed by atoms with Crippen molar-refractivity contribution in [2.75, 3.05) is 6.61 Å². The second-order valence-electron chi connectivity index (χ2n) is 9.00. The minimum atomic E-state index is -1.26. The van der Waals surface area contributed by atoms with E-state index in [4.69, 9.17) is 9.47 Å². The maximum Gasteiger partial charge on any atom is 0.341 e. The highest BCUT2D eigenvalue weighted by Crippen LogP contribution is 2.38. The number of carbonyl (C=O) groups is 1. The molecule has 0 spiro atoms. The standard InChI is InChI=1S/C30H28F4O3/c1-3-5-18-6-8-19(9-7-18)22-14-15-24(28(33)26(22)31)30(35)37-21-12-10-20(11-13-21)23-16-17-25(36-4-2)29(34)27(23)32/h3,5-9,14-17,20-21H,4,10-13H2,1-2H3/b5-3+. The summed E-state index contributed by atoms with van der Waals surface area (Å²) in [6, 6.07) is 12.5. The Morgan fingerprint density at radius 3 is 2.22 bits per heavy atom. The molecule has 0 bridgehead atoms. The zero-order valence-electron chi connectivity index (χ0n) is 20.7. The second-order valence-corrected chi connectivity index (χ2v) is 9.00. The van der Waals surface area contributed by atoms with Gasteiger partial charge in [0.05, 0.1) is 12.2 Å². The monoisotopic (exact) mass is 512 g/mol. The number of hydrogen-bond donors (Lipinski definition) is 0. The minimum Gasteiger partial charge on any atom is -0.491 e. The van der Waals surface area contributed by atoms with Crippen LogP contribution in [0.1, 0.15) is 66.9 Å². The molecule has 3 aromatic rings. The van der Waals surface area contributed by atoms with Gasteiger partial charge in [-0.3, -0.25) is 0 Å². The number of benzene rings is 3. The molecule has 0 amide bonds. The van der Waals surface area contributed by atoms with Crippen LogP contribution in [0.5, 0.6) is 5.75 Å². The molecule has 0 aromatic heterocycles. The third-order valence-electron chi connectivity index (χ3n) is 6.65. The van der Waals surface area contributed by atoms with E-state index < -0.39 is 40.9 Å². The van der Waals surface area contributed by atoms with Gasteiger partial charge in [-0.2, -0.15) is 4.39 Å². The molecule has 194 valence electrons. The van der Waals surface area contributed by atoms with Crippen molar-refractivity contribution in [3.63, 3.8) is 0 Å². The Morgan fingerprint density at radius 2 is 1.57 bits per heavy atom. The Labute approximate surface area is 213 Å². The fourth-order valence-electron chi connectivity index (χ4n) is 4.73. The highest BCUT2D eigenvalue weighted by molar-refractivity contribution is 5.90. The molecule has 0 aliphatic heterocycles. The van der Waals surface area contributed by atoms with Crippen molar-refractivity contribution in [2.45, 2.75) is 51.6 Å². The predicted octanol–water partition coefficient (Wildman–Crippen LogP) is 8.23. The van der Waals surface area contributed by atoms with Gasteiger partial charge < -0.3 is 9.47 Å². The highest BCUT2D eigenvalue weighted by atomic mass is 19.2. The molecule has 1 fully saturated rings. The summed E-state index contributed by atoms with van der Waals surface area (Å²) in [5.41, 5.74) is 1.24. The third kappa shape index (κ3) is 5.71. The van der Waals surface area contributed by atoms with Gasteiger partial charge in [0.1, 0.15) is 6.10 Å². The quantitative estimate of drug-likeness (QED) is 0.236. The van der Waals surface area contributed by atoms with Crippen molar-refractivity contribution >= 4 is 12.0 Å². The van der Waals surface area contributed by atoms with Crippen LogP contribution in [0, 0.1) is 23.3 Å². The number of rotatable bonds is 7. The van der Waals surface area contributed by atoms with Gasteiger partial charge in [-0.25, -0.2) is 18.0 Å². The SMILES string of the molecule is C/C=C/c1ccc(-c2ccc(C(=O)OC3CCC(c4ccc(OCC)c(F)c4F)CC3)c(F)c2F)cc1. The molecule has 0 unspecified atom stereocenters. The van der Waals surface area contributed by atoms with E-state index in [1.807, 2.05) is 19.1 Å². The molecule has 0 heterocycles. The van der Waals surface area contributed by atoms with E-state index in [2.05, 4.69) is 0 Å². The highest BCUT2D eigenvalue weighted by Gasteiger charge is 2.30. The molecule has 1 saturated carbocycles. The first-order chi connectivity index (χ1) is 17.8. The predicted molar refractivity (Wildman–Crippen MR) is 134 cm³/mol. The minimum absolute atomic E-state index is 0.0474. The van der Waals surface area contributed by atoms with E-state index in [9.17, 15) is 22.4 Å². The first kappa shape index (κ1) is 26.5. The molecule has 37 heavy (non-hydrogen) atoms. The normalized spacial score (nSPS) is 17.7. The Bertz CT molecular complexity index is 1290. The summed E-state index contributed by atoms with van der Waals surface area (Å²) >= 11 is 0. The number of halogens is 4. The maximum atomic E-state index is 14.8. The van der Waals surface area contributed by atoms with Crippen LogP contribution < -0.4 is 4.74 Å². The molecule has 3 nitrogen and oxygen atoms in total. The summed E-state index contributed by atoms with van der Waals surface area (Å²) in [5.74, 6) is -5.65. The van der Waals surface area contributed by atoms with E-state index in [1.54, 1.807) is 31.2 Å². The lowest BCUT2D eigenvalue weighted by Gasteiger charge is -2.29. The average Bonchev–Trinajstić information content (AvgIpc) is 2.90. The van der Waals surface area contributed by atoms with Crippen LogP contribution in [0.15, 0.2) is 54.6 Å². The van der Waals surface area contributed by atoms with E-state index in [-0.39, 0.29) is 29.4 Å². The number of esters is 1. The Hall–Kier alpha value is -3.61. The van der Waals surface area contributed by atoms with Crippen LogP contribution >= 0.6 is 0 Å². The van der Waals surface area contributed by atoms with E-state index >= 15 is 0 Å². The van der Waals surface area contributed by atoms with Gasteiger partial charge in [0.2, 0.25) is 5.82 Å². The van der Waals surface area contributed by atoms with Crippen LogP contribution in [0.25, 0.3) is 17.2 Å². The molecule has 0 N–H and O–H groups in total. The molecular formula is C30H28F4O3. The molecule has 1 aliphatic rings. The van der Waals surface area contributed by atoms with Crippen LogP contribution in [0.4, 0.5) is 17.6 Å². The molecular weight excluding hydrogens is 484 g/mol. The molecule has 4 rings (SSSR count). The lowest BCUT2D eigenvalue weighted by atomic mass is 9.82. The Kier molecular flexibility index (Phi) is 8.31. The number of carbonyl (C=O) groups excluding carboxylic acids is 1. The number of allylic oxidation sites excluding steroid dienone is 1. The van der Waals surface area contributed by atoms with E-state index in [0.29, 0.717) is 31.2 Å². The molecule has 0 saturated heterocycles. The molecule has 3 aromatic carbocycles. The van der Waals surface area contributed by atoms with Crippen molar-refractivity contribution in [1.29, 1.82) is 0 Å². The molecule has 1 aliphatic carbocycles. The van der Waals surface area contributed by atoms with Crippen LogP contribution in [-0.2, 0) is 4.74 Å². The Morgan fingerprint density at radius 1 is 0.865 bits per heavy atom. The van der Waals surface area contributed by atoms with E-state index in [0.717, 1.165) is 5.56 Å². The smallest absolute Gasteiger partial charge is 0.341 e. The van der Waals surface area contributed by atoms with Crippen LogP contribution in [0.3, 0.4) is 0 Å². The lowest BCUT2D eigenvalue weighted by Crippen LogP contribution is -2.25. The summed E-state index contributed by atoms with van der Waals surface area (Å²) in [7, 11) is 0. The number of ether oxygens (including phenoxy) is 2. The zero-order valence-corrected chi connectivity index (χ0v) is 20.7. The zero-order chi connectivity index (χ0) is 26.5. The van der Waals surface area contributed by atoms with Gasteiger partial charge in [-0.1, -0.05) is 48.6 Å². The van der Waals surface area contributed by atoms with Gasteiger partial charge in [0.25, 0.3) is 0 Å². The van der Waals surface area contributed by atoms with Gasteiger partial charge in [-0.15, -0.1) is 0 Å². The van der Waals surface area contributed by atoms with Gasteiger partial charge in [0.15, 0.2) is 23.2 Å². The topological polar surface area (TPSA) is 35.5 Å². The first-order valence-corrected chi connectivity index (χ1v) is 12.4. The molecule has 0 atom stereocenters. The Balaban J connectivity index is 1.41. The third-order valence-corrected chi connectivity index (χ3v) is 6.65. The van der Waals surface area contributed by atoms with Gasteiger partial charge in [0, 0.05) is 5.56 Å². The lowest BCUT2D eigenvalue weighted by molar-refractivity contribution is 0.0188. The second kappa shape index (κ2) is 11.6. The fourth-order valence-corrected chi connectivity index (χ4v) is 4.73. The number of hydrogen-bond acceptors (Lipinski definition) is 3. The fraction of sp³-hybridized carbons (Fsp3) is 0.300. The maximum absolute atomic E-state index is 14.8. The average molecular weight is 513 g/mol. The molecule has 7 heteroatoms. The van der Waals surface area contributed by atoms with Gasteiger partial charge >= 0.3 is 5.97 Å². The summed E-state index contributed by atoms with van der Waals surface area (Å²) in [6.45, 7) is 3.80. The summed E-state index contributed by atoms with van der Waals surface area (Å²) < 4.78 is 69.1.